The van der Waals surface area contributed by atoms with Gasteiger partial charge in [-0.1, -0.05) is 49.6 Å². The highest BCUT2D eigenvalue weighted by molar-refractivity contribution is 9.11. The Balaban J connectivity index is 2.20. The number of aromatic nitrogens is 1. The van der Waals surface area contributed by atoms with Gasteiger partial charge in [-0.3, -0.25) is 4.98 Å². The first-order valence-electron chi connectivity index (χ1n) is 5.46. The molecule has 2 rings (SSSR count). The molecule has 3 heteroatoms. The maximum Gasteiger partial charge on any atom is 0.0446 e. The van der Waals surface area contributed by atoms with Gasteiger partial charge >= 0.3 is 0 Å². The van der Waals surface area contributed by atoms with E-state index in [1.54, 1.807) is 0 Å². The van der Waals surface area contributed by atoms with Gasteiger partial charge in [-0.2, -0.15) is 0 Å². The first-order valence-corrected chi connectivity index (χ1v) is 7.16. The maximum absolute atomic E-state index is 4.03. The number of hydrogen-bond acceptors (Lipinski definition) is 1. The Kier molecular flexibility index (Phi) is 4.35. The smallest absolute Gasteiger partial charge is 0.0446 e. The third kappa shape index (κ3) is 3.39. The van der Waals surface area contributed by atoms with Gasteiger partial charge in [0.2, 0.25) is 0 Å². The first kappa shape index (κ1) is 12.8. The number of alkyl halides is 1. The monoisotopic (exact) mass is 353 g/mol. The molecular formula is C14H13Br2N. The molecule has 1 aromatic heterocycles. The van der Waals surface area contributed by atoms with Crippen LogP contribution in [0.2, 0.25) is 0 Å². The molecule has 0 bridgehead atoms. The summed E-state index contributed by atoms with van der Waals surface area (Å²) < 4.78 is 1.15. The zero-order chi connectivity index (χ0) is 12.3. The molecule has 0 spiro atoms. The van der Waals surface area contributed by atoms with E-state index in [-0.39, 0.29) is 0 Å². The Bertz CT molecular complexity index is 497. The average molecular weight is 355 g/mol. The van der Waals surface area contributed by atoms with Crippen LogP contribution in [-0.2, 0) is 6.42 Å². The Hall–Kier alpha value is -0.670. The van der Waals surface area contributed by atoms with E-state index in [0.717, 1.165) is 10.9 Å². The summed E-state index contributed by atoms with van der Waals surface area (Å²) >= 11 is 7.36. The second-order valence-electron chi connectivity index (χ2n) is 4.05. The molecule has 1 atom stereocenters. The number of aryl methyl sites for hydroxylation is 1. The fourth-order valence-corrected chi connectivity index (χ4v) is 3.32. The largest absolute Gasteiger partial charge is 0.265 e. The van der Waals surface area contributed by atoms with Gasteiger partial charge in [0.15, 0.2) is 0 Å². The highest BCUT2D eigenvalue weighted by Gasteiger charge is 2.12. The van der Waals surface area contributed by atoms with Crippen LogP contribution in [0.4, 0.5) is 0 Å². The van der Waals surface area contributed by atoms with E-state index in [1.165, 1.54) is 16.7 Å². The molecule has 0 radical (unpaired) electrons. The van der Waals surface area contributed by atoms with E-state index in [1.807, 2.05) is 12.4 Å². The highest BCUT2D eigenvalue weighted by Crippen LogP contribution is 2.33. The van der Waals surface area contributed by atoms with Crippen molar-refractivity contribution in [3.63, 3.8) is 0 Å². The third-order valence-corrected chi connectivity index (χ3v) is 4.19. The SMILES string of the molecule is Cc1ccc(Br)c(C(Br)Cc2ccncc2)c1. The topological polar surface area (TPSA) is 12.9 Å². The van der Waals surface area contributed by atoms with Crippen molar-refractivity contribution in [3.05, 3.63) is 63.9 Å². The van der Waals surface area contributed by atoms with Crippen LogP contribution < -0.4 is 0 Å². The van der Waals surface area contributed by atoms with Crippen LogP contribution in [0.3, 0.4) is 0 Å². The van der Waals surface area contributed by atoms with Crippen molar-refractivity contribution in [3.8, 4) is 0 Å². The summed E-state index contributed by atoms with van der Waals surface area (Å²) in [6, 6.07) is 10.5. The summed E-state index contributed by atoms with van der Waals surface area (Å²) in [6.45, 7) is 2.11. The Morgan fingerprint density at radius 2 is 1.88 bits per heavy atom. The van der Waals surface area contributed by atoms with Gasteiger partial charge in [-0.15, -0.1) is 0 Å². The lowest BCUT2D eigenvalue weighted by Gasteiger charge is -2.13. The quantitative estimate of drug-likeness (QED) is 0.719. The molecule has 0 fully saturated rings. The molecule has 0 amide bonds. The lowest BCUT2D eigenvalue weighted by molar-refractivity contribution is 0.937. The zero-order valence-electron chi connectivity index (χ0n) is 9.53. The standard InChI is InChI=1S/C14H13Br2N/c1-10-2-3-13(15)12(8-10)14(16)9-11-4-6-17-7-5-11/h2-8,14H,9H2,1H3. The van der Waals surface area contributed by atoms with Gasteiger partial charge < -0.3 is 0 Å². The van der Waals surface area contributed by atoms with E-state index in [4.69, 9.17) is 0 Å². The van der Waals surface area contributed by atoms with Crippen molar-refractivity contribution < 1.29 is 0 Å². The van der Waals surface area contributed by atoms with E-state index >= 15 is 0 Å². The Morgan fingerprint density at radius 1 is 1.18 bits per heavy atom. The van der Waals surface area contributed by atoms with Gasteiger partial charge in [-0.05, 0) is 42.7 Å². The molecular weight excluding hydrogens is 342 g/mol. The van der Waals surface area contributed by atoms with E-state index in [9.17, 15) is 0 Å². The van der Waals surface area contributed by atoms with Crippen molar-refractivity contribution >= 4 is 31.9 Å². The molecule has 0 saturated heterocycles. The molecule has 0 aliphatic heterocycles. The summed E-state index contributed by atoms with van der Waals surface area (Å²) in [7, 11) is 0. The van der Waals surface area contributed by atoms with Gasteiger partial charge in [0.25, 0.3) is 0 Å². The molecule has 1 heterocycles. The van der Waals surface area contributed by atoms with E-state index in [0.29, 0.717) is 4.83 Å². The number of rotatable bonds is 3. The summed E-state index contributed by atoms with van der Waals surface area (Å²) in [5.41, 5.74) is 3.86. The summed E-state index contributed by atoms with van der Waals surface area (Å²) in [5, 5.41) is 0. The summed E-state index contributed by atoms with van der Waals surface area (Å²) in [6.07, 6.45) is 4.63. The van der Waals surface area contributed by atoms with Crippen molar-refractivity contribution in [2.45, 2.75) is 18.2 Å². The maximum atomic E-state index is 4.03. The van der Waals surface area contributed by atoms with Crippen molar-refractivity contribution in [1.82, 2.24) is 4.98 Å². The zero-order valence-corrected chi connectivity index (χ0v) is 12.7. The van der Waals surface area contributed by atoms with Crippen LogP contribution >= 0.6 is 31.9 Å². The average Bonchev–Trinajstić information content (AvgIpc) is 2.33. The fourth-order valence-electron chi connectivity index (χ4n) is 1.74. The molecule has 88 valence electrons. The van der Waals surface area contributed by atoms with Crippen LogP contribution in [0.15, 0.2) is 47.2 Å². The van der Waals surface area contributed by atoms with Crippen LogP contribution in [0.1, 0.15) is 21.5 Å². The number of halogens is 2. The predicted octanol–water partition coefficient (Wildman–Crippen LogP) is 4.83. The van der Waals surface area contributed by atoms with Crippen molar-refractivity contribution in [2.24, 2.45) is 0 Å². The molecule has 0 N–H and O–H groups in total. The number of pyridine rings is 1. The molecule has 1 aromatic carbocycles. The third-order valence-electron chi connectivity index (χ3n) is 2.65. The molecule has 17 heavy (non-hydrogen) atoms. The number of nitrogens with zero attached hydrogens (tertiary/aromatic N) is 1. The summed E-state index contributed by atoms with van der Waals surface area (Å²) in [4.78, 5) is 4.35. The van der Waals surface area contributed by atoms with Gasteiger partial charge in [0, 0.05) is 21.7 Å². The number of hydrogen-bond donors (Lipinski definition) is 0. The highest BCUT2D eigenvalue weighted by atomic mass is 79.9. The Labute approximate surface area is 119 Å². The molecule has 0 saturated carbocycles. The van der Waals surface area contributed by atoms with Crippen LogP contribution in [-0.4, -0.2) is 4.98 Å². The van der Waals surface area contributed by atoms with E-state index < -0.39 is 0 Å². The van der Waals surface area contributed by atoms with Gasteiger partial charge in [0.1, 0.15) is 0 Å². The normalized spacial score (nSPS) is 12.4. The predicted molar refractivity (Wildman–Crippen MR) is 78.5 cm³/mol. The first-order chi connectivity index (χ1) is 8.16. The molecule has 0 aliphatic rings. The van der Waals surface area contributed by atoms with Gasteiger partial charge in [-0.25, -0.2) is 0 Å². The second-order valence-corrected chi connectivity index (χ2v) is 6.01. The summed E-state index contributed by atoms with van der Waals surface area (Å²) in [5.74, 6) is 0. The number of benzene rings is 1. The lowest BCUT2D eigenvalue weighted by atomic mass is 10.0. The van der Waals surface area contributed by atoms with Gasteiger partial charge in [0.05, 0.1) is 0 Å². The lowest BCUT2D eigenvalue weighted by Crippen LogP contribution is -1.97. The van der Waals surface area contributed by atoms with Crippen molar-refractivity contribution in [1.29, 1.82) is 0 Å². The van der Waals surface area contributed by atoms with Crippen LogP contribution in [0, 0.1) is 6.92 Å². The molecule has 2 aromatic rings. The molecule has 1 nitrogen and oxygen atoms in total. The van der Waals surface area contributed by atoms with Crippen LogP contribution in [0.25, 0.3) is 0 Å². The molecule has 1 unspecified atom stereocenters. The fraction of sp³-hybridized carbons (Fsp3) is 0.214. The minimum absolute atomic E-state index is 0.319. The van der Waals surface area contributed by atoms with E-state index in [2.05, 4.69) is 74.1 Å². The Morgan fingerprint density at radius 3 is 2.59 bits per heavy atom. The van der Waals surface area contributed by atoms with Crippen molar-refractivity contribution in [2.75, 3.05) is 0 Å². The van der Waals surface area contributed by atoms with Crippen LogP contribution in [0.5, 0.6) is 0 Å². The molecule has 0 aliphatic carbocycles. The minimum Gasteiger partial charge on any atom is -0.265 e. The second kappa shape index (κ2) is 5.78. The minimum atomic E-state index is 0.319.